The number of aromatic nitrogens is 1. The molecule has 9 atom stereocenters. The molecular weight excluding hydrogens is 787 g/mol. The summed E-state index contributed by atoms with van der Waals surface area (Å²) < 4.78 is 11.5. The smallest absolute Gasteiger partial charge is 0.245 e. The van der Waals surface area contributed by atoms with Gasteiger partial charge in [-0.2, -0.15) is 0 Å². The number of benzene rings is 1. The number of aliphatic hydroxyl groups excluding tert-OH is 1. The molecule has 1 fully saturated rings. The zero-order valence-corrected chi connectivity index (χ0v) is 38.4. The molecule has 1 aliphatic heterocycles. The Bertz CT molecular complexity index is 1590. The average Bonchev–Trinajstić information content (AvgIpc) is 3.93. The highest BCUT2D eigenvalue weighted by Gasteiger charge is 2.43. The van der Waals surface area contributed by atoms with E-state index in [-0.39, 0.29) is 66.5 Å². The van der Waals surface area contributed by atoms with Crippen LogP contribution in [0.5, 0.6) is 0 Å². The second kappa shape index (κ2) is 25.4. The zero-order chi connectivity index (χ0) is 44.5. The van der Waals surface area contributed by atoms with Gasteiger partial charge in [0.15, 0.2) is 0 Å². The lowest BCUT2D eigenvalue weighted by molar-refractivity contribution is -0.147. The molecule has 5 N–H and O–H groups in total. The summed E-state index contributed by atoms with van der Waals surface area (Å²) in [6.07, 6.45) is 2.31. The third kappa shape index (κ3) is 14.3. The molecule has 4 amide bonds. The van der Waals surface area contributed by atoms with Crippen molar-refractivity contribution in [2.24, 2.45) is 29.6 Å². The van der Waals surface area contributed by atoms with Gasteiger partial charge in [-0.15, -0.1) is 11.3 Å². The second-order valence-electron chi connectivity index (χ2n) is 16.9. The van der Waals surface area contributed by atoms with E-state index in [0.29, 0.717) is 45.6 Å². The van der Waals surface area contributed by atoms with Gasteiger partial charge in [0.2, 0.25) is 23.6 Å². The number of methoxy groups -OCH3 is 1. The average molecular weight is 860 g/mol. The first-order chi connectivity index (χ1) is 28.6. The molecule has 0 bridgehead atoms. The molecule has 1 aromatic heterocycles. The van der Waals surface area contributed by atoms with Crippen molar-refractivity contribution >= 4 is 35.0 Å². The first-order valence-electron chi connectivity index (χ1n) is 21.5. The van der Waals surface area contributed by atoms with E-state index in [9.17, 15) is 24.3 Å². The maximum atomic E-state index is 14.3. The Kier molecular flexibility index (Phi) is 21.6. The number of likely N-dealkylation sites (tertiary alicyclic amines) is 1. The van der Waals surface area contributed by atoms with Crippen molar-refractivity contribution in [1.82, 2.24) is 30.3 Å². The van der Waals surface area contributed by atoms with Crippen LogP contribution in [0.25, 0.3) is 0 Å². The van der Waals surface area contributed by atoms with E-state index in [1.54, 1.807) is 25.3 Å². The van der Waals surface area contributed by atoms with Gasteiger partial charge in [-0.05, 0) is 49.6 Å². The normalized spacial score (nSPS) is 18.4. The lowest BCUT2D eigenvalue weighted by Gasteiger charge is -2.40. The number of carbonyl (C=O) groups is 4. The maximum absolute atomic E-state index is 14.3. The molecule has 0 saturated carbocycles. The summed E-state index contributed by atoms with van der Waals surface area (Å²) in [4.78, 5) is 70.4. The van der Waals surface area contributed by atoms with E-state index in [4.69, 9.17) is 15.4 Å². The van der Waals surface area contributed by atoms with Crippen molar-refractivity contribution in [2.45, 2.75) is 123 Å². The summed E-state index contributed by atoms with van der Waals surface area (Å²) in [5.41, 5.74) is 1.07. The van der Waals surface area contributed by atoms with Crippen LogP contribution in [0.15, 0.2) is 41.9 Å². The van der Waals surface area contributed by atoms with Gasteiger partial charge in [0.05, 0.1) is 68.5 Å². The second-order valence-corrected chi connectivity index (χ2v) is 17.8. The summed E-state index contributed by atoms with van der Waals surface area (Å²) in [5.74, 6) is 2.89. The highest BCUT2D eigenvalue weighted by molar-refractivity contribution is 7.09. The number of hydrogen-bond acceptors (Lipinski definition) is 12. The molecule has 2 aromatic rings. The molecule has 0 unspecified atom stereocenters. The van der Waals surface area contributed by atoms with Crippen LogP contribution in [0.4, 0.5) is 0 Å². The Morgan fingerprint density at radius 2 is 1.70 bits per heavy atom. The number of ether oxygens (including phenoxy) is 2. The van der Waals surface area contributed by atoms with Crippen LogP contribution in [-0.4, -0.2) is 139 Å². The molecule has 2 heterocycles. The number of nitrogens with one attached hydrogen (secondary N) is 2. The number of amides is 4. The predicted molar refractivity (Wildman–Crippen MR) is 233 cm³/mol. The van der Waals surface area contributed by atoms with Crippen molar-refractivity contribution in [2.75, 3.05) is 54.1 Å². The van der Waals surface area contributed by atoms with Gasteiger partial charge in [-0.25, -0.2) is 10.9 Å². The lowest BCUT2D eigenvalue weighted by atomic mass is 9.89. The van der Waals surface area contributed by atoms with E-state index in [1.165, 1.54) is 16.2 Å². The minimum Gasteiger partial charge on any atom is -0.390 e. The van der Waals surface area contributed by atoms with E-state index < -0.39 is 36.3 Å². The third-order valence-corrected chi connectivity index (χ3v) is 12.8. The number of carbonyl (C=O) groups excluding carboxylic acids is 4. The molecular formula is C44H73N7O8S. The summed E-state index contributed by atoms with van der Waals surface area (Å²) in [6.45, 7) is 15.3. The van der Waals surface area contributed by atoms with Gasteiger partial charge in [0.25, 0.3) is 0 Å². The molecule has 0 radical (unpaired) electrons. The van der Waals surface area contributed by atoms with Crippen LogP contribution >= 0.6 is 11.3 Å². The number of rotatable bonds is 26. The quantitative estimate of drug-likeness (QED) is 0.0796. The Hall–Kier alpha value is -3.51. The molecule has 3 rings (SSSR count). The Morgan fingerprint density at radius 1 is 1.00 bits per heavy atom. The highest BCUT2D eigenvalue weighted by Crippen LogP contribution is 2.30. The summed E-state index contributed by atoms with van der Waals surface area (Å²) in [6, 6.07) is 7.12. The van der Waals surface area contributed by atoms with Crippen molar-refractivity contribution in [1.29, 1.82) is 0 Å². The number of thiazole rings is 1. The fourth-order valence-electron chi connectivity index (χ4n) is 8.41. The Labute approximate surface area is 362 Å². The summed E-state index contributed by atoms with van der Waals surface area (Å²) >= 11 is 1.49. The van der Waals surface area contributed by atoms with Gasteiger partial charge in [-0.1, -0.05) is 85.2 Å². The van der Waals surface area contributed by atoms with Crippen LogP contribution in [0.2, 0.25) is 0 Å². The van der Waals surface area contributed by atoms with Gasteiger partial charge in [-0.3, -0.25) is 24.1 Å². The molecule has 16 heteroatoms. The molecule has 1 aromatic carbocycles. The lowest BCUT2D eigenvalue weighted by Crippen LogP contribution is -2.60. The van der Waals surface area contributed by atoms with Crippen molar-refractivity contribution in [3.8, 4) is 0 Å². The maximum Gasteiger partial charge on any atom is 0.245 e. The van der Waals surface area contributed by atoms with Crippen LogP contribution in [-0.2, 0) is 39.9 Å². The molecule has 1 saturated heterocycles. The fourth-order valence-corrected chi connectivity index (χ4v) is 9.10. The minimum atomic E-state index is -1.19. The van der Waals surface area contributed by atoms with Crippen molar-refractivity contribution in [3.05, 3.63) is 52.5 Å². The summed E-state index contributed by atoms with van der Waals surface area (Å²) in [7, 11) is 5.05. The predicted octanol–water partition coefficient (Wildman–Crippen LogP) is 3.81. The molecule has 1 aliphatic rings. The van der Waals surface area contributed by atoms with Gasteiger partial charge in [0, 0.05) is 38.8 Å². The molecule has 60 heavy (non-hydrogen) atoms. The summed E-state index contributed by atoms with van der Waals surface area (Å²) in [5, 5.41) is 20.8. The monoisotopic (exact) mass is 860 g/mol. The third-order valence-electron chi connectivity index (χ3n) is 11.9. The highest BCUT2D eigenvalue weighted by atomic mass is 32.1. The standard InChI is InChI=1S/C44H73N7O8S/c1-11-30(6)39(50(9)44(56)37(28(2)3)48-42(55)38(29(4)5)49(8)21-22-58-23-24-59-45)35(52)27-36(53)51-20-15-18-34(51)40(57-10)31(7)41(54)47-33(43-46-19-25-60-43)26-32-16-13-12-14-17-32/h12-14,16-17,19,25,28-31,33-35,37-40,52H,11,15,18,20-24,26-27,45H2,1-10H3,(H,47,54)(H,48,55)/t30-,31+,33-,34-,35+,37-,38-,39-,40+/m0/s1. The minimum absolute atomic E-state index is 0.0618. The molecule has 0 aliphatic carbocycles. The van der Waals surface area contributed by atoms with E-state index in [2.05, 4.69) is 20.5 Å². The number of nitrogens with two attached hydrogens (primary N) is 1. The molecule has 0 spiro atoms. The number of likely N-dealkylation sites (N-methyl/N-ethyl adjacent to an activating group) is 2. The Morgan fingerprint density at radius 3 is 2.28 bits per heavy atom. The first kappa shape index (κ1) is 50.8. The number of nitrogens with zero attached hydrogens (tertiary/aromatic N) is 4. The van der Waals surface area contributed by atoms with Crippen LogP contribution in [0, 0.1) is 23.7 Å². The fraction of sp³-hybridized carbons (Fsp3) is 0.705. The van der Waals surface area contributed by atoms with Crippen molar-refractivity contribution < 1.29 is 38.6 Å². The van der Waals surface area contributed by atoms with Crippen LogP contribution in [0.1, 0.15) is 90.8 Å². The van der Waals surface area contributed by atoms with E-state index in [1.807, 2.05) is 96.1 Å². The first-order valence-corrected chi connectivity index (χ1v) is 22.4. The van der Waals surface area contributed by atoms with Crippen LogP contribution in [0.3, 0.4) is 0 Å². The van der Waals surface area contributed by atoms with Gasteiger partial charge < -0.3 is 39.9 Å². The zero-order valence-electron chi connectivity index (χ0n) is 37.5. The van der Waals surface area contributed by atoms with E-state index in [0.717, 1.165) is 17.0 Å². The van der Waals surface area contributed by atoms with Crippen LogP contribution < -0.4 is 16.5 Å². The van der Waals surface area contributed by atoms with Crippen molar-refractivity contribution in [3.63, 3.8) is 0 Å². The molecule has 15 nitrogen and oxygen atoms in total. The van der Waals surface area contributed by atoms with E-state index >= 15 is 0 Å². The largest absolute Gasteiger partial charge is 0.390 e. The molecule has 338 valence electrons. The SMILES string of the molecule is CC[C@H](C)[C@@H]([C@H](O)CC(=O)N1CCC[C@H]1[C@H](OC)[C@@H](C)C(=O)N[C@@H](Cc1ccccc1)c1nccs1)N(C)C(=O)[C@@H](NC(=O)[C@H](C(C)C)N(C)CCOCCON)C(C)C. The number of aliphatic hydroxyl groups is 1. The topological polar surface area (TPSA) is 189 Å². The Balaban J connectivity index is 1.73. The van der Waals surface area contributed by atoms with Gasteiger partial charge in [0.1, 0.15) is 11.0 Å². The number of hydrogen-bond donors (Lipinski definition) is 4. The van der Waals surface area contributed by atoms with Gasteiger partial charge >= 0.3 is 0 Å².